The Bertz CT molecular complexity index is 679. The summed E-state index contributed by atoms with van der Waals surface area (Å²) in [7, 11) is -2.98. The van der Waals surface area contributed by atoms with Crippen LogP contribution in [-0.2, 0) is 14.6 Å². The Kier molecular flexibility index (Phi) is 4.50. The van der Waals surface area contributed by atoms with Crippen LogP contribution in [-0.4, -0.2) is 31.9 Å². The SMILES string of the molecule is CC(C)c1ccc([C@@H]2C[C@@H]2C(=O)N[C@@H]2CCCS(=O)(=O)C2)cc1. The van der Waals surface area contributed by atoms with Crippen LogP contribution in [0.15, 0.2) is 24.3 Å². The van der Waals surface area contributed by atoms with Crippen molar-refractivity contribution in [1.29, 1.82) is 0 Å². The van der Waals surface area contributed by atoms with Gasteiger partial charge in [-0.3, -0.25) is 4.79 Å². The molecular formula is C18H25NO3S. The Hall–Kier alpha value is -1.36. The molecule has 1 aliphatic carbocycles. The number of hydrogen-bond acceptors (Lipinski definition) is 3. The topological polar surface area (TPSA) is 63.2 Å². The lowest BCUT2D eigenvalue weighted by Gasteiger charge is -2.23. The summed E-state index contributed by atoms with van der Waals surface area (Å²) in [5.41, 5.74) is 2.52. The zero-order valence-corrected chi connectivity index (χ0v) is 14.6. The van der Waals surface area contributed by atoms with Gasteiger partial charge in [0.05, 0.1) is 11.5 Å². The summed E-state index contributed by atoms with van der Waals surface area (Å²) in [6.45, 7) is 4.33. The van der Waals surface area contributed by atoms with E-state index in [4.69, 9.17) is 0 Å². The largest absolute Gasteiger partial charge is 0.352 e. The molecule has 1 aromatic rings. The molecule has 2 aliphatic rings. The summed E-state index contributed by atoms with van der Waals surface area (Å²) in [6, 6.07) is 8.32. The van der Waals surface area contributed by atoms with E-state index in [9.17, 15) is 13.2 Å². The molecule has 126 valence electrons. The first kappa shape index (κ1) is 16.5. The fraction of sp³-hybridized carbons (Fsp3) is 0.611. The second kappa shape index (κ2) is 6.27. The molecule has 3 rings (SSSR count). The summed E-state index contributed by atoms with van der Waals surface area (Å²) >= 11 is 0. The van der Waals surface area contributed by atoms with E-state index in [-0.39, 0.29) is 35.3 Å². The van der Waals surface area contributed by atoms with Crippen LogP contribution in [0, 0.1) is 5.92 Å². The third-order valence-corrected chi connectivity index (χ3v) is 6.79. The molecule has 1 amide bonds. The zero-order chi connectivity index (χ0) is 16.6. The first-order valence-electron chi connectivity index (χ1n) is 8.46. The minimum absolute atomic E-state index is 0.00420. The Morgan fingerprint density at radius 2 is 1.91 bits per heavy atom. The van der Waals surface area contributed by atoms with Gasteiger partial charge in [-0.1, -0.05) is 38.1 Å². The van der Waals surface area contributed by atoms with Crippen LogP contribution in [0.2, 0.25) is 0 Å². The molecule has 23 heavy (non-hydrogen) atoms. The van der Waals surface area contributed by atoms with Gasteiger partial charge in [-0.05, 0) is 42.2 Å². The summed E-state index contributed by atoms with van der Waals surface area (Å²) in [5, 5.41) is 2.95. The van der Waals surface area contributed by atoms with Crippen LogP contribution in [0.4, 0.5) is 0 Å². The molecule has 0 spiro atoms. The van der Waals surface area contributed by atoms with E-state index in [1.165, 1.54) is 11.1 Å². The van der Waals surface area contributed by atoms with Gasteiger partial charge in [0, 0.05) is 12.0 Å². The van der Waals surface area contributed by atoms with Gasteiger partial charge in [0.1, 0.15) is 0 Å². The third kappa shape index (κ3) is 3.94. The van der Waals surface area contributed by atoms with Crippen LogP contribution in [0.5, 0.6) is 0 Å². The molecule has 0 radical (unpaired) electrons. The predicted octanol–water partition coefficient (Wildman–Crippen LogP) is 2.61. The molecule has 1 aliphatic heterocycles. The molecular weight excluding hydrogens is 310 g/mol. The van der Waals surface area contributed by atoms with Crippen molar-refractivity contribution in [1.82, 2.24) is 5.32 Å². The number of nitrogens with one attached hydrogen (secondary N) is 1. The molecule has 0 aromatic heterocycles. The molecule has 1 N–H and O–H groups in total. The Balaban J connectivity index is 1.56. The van der Waals surface area contributed by atoms with Crippen LogP contribution in [0.25, 0.3) is 0 Å². The zero-order valence-electron chi connectivity index (χ0n) is 13.8. The predicted molar refractivity (Wildman–Crippen MR) is 91.2 cm³/mol. The van der Waals surface area contributed by atoms with E-state index in [0.717, 1.165) is 12.8 Å². The second-order valence-corrected chi connectivity index (χ2v) is 9.46. The van der Waals surface area contributed by atoms with E-state index >= 15 is 0 Å². The van der Waals surface area contributed by atoms with Crippen LogP contribution >= 0.6 is 0 Å². The van der Waals surface area contributed by atoms with Gasteiger partial charge in [-0.2, -0.15) is 0 Å². The molecule has 4 nitrogen and oxygen atoms in total. The Labute approximate surface area is 138 Å². The van der Waals surface area contributed by atoms with Crippen LogP contribution in [0.3, 0.4) is 0 Å². The van der Waals surface area contributed by atoms with E-state index in [2.05, 4.69) is 43.4 Å². The molecule has 1 saturated carbocycles. The van der Waals surface area contributed by atoms with Gasteiger partial charge < -0.3 is 5.32 Å². The molecule has 0 unspecified atom stereocenters. The lowest BCUT2D eigenvalue weighted by atomic mass is 10.00. The van der Waals surface area contributed by atoms with Crippen molar-refractivity contribution in [2.75, 3.05) is 11.5 Å². The first-order chi connectivity index (χ1) is 10.9. The van der Waals surface area contributed by atoms with E-state index in [1.54, 1.807) is 0 Å². The van der Waals surface area contributed by atoms with Crippen molar-refractivity contribution < 1.29 is 13.2 Å². The highest BCUT2D eigenvalue weighted by molar-refractivity contribution is 7.91. The molecule has 5 heteroatoms. The lowest BCUT2D eigenvalue weighted by Crippen LogP contribution is -2.43. The standard InChI is InChI=1S/C18H25NO3S/c1-12(2)13-5-7-14(8-6-13)16-10-17(16)18(20)19-15-4-3-9-23(21,22)11-15/h5-8,12,15-17H,3-4,9-11H2,1-2H3,(H,19,20)/t15-,16+,17+/m1/s1. The number of carbonyl (C=O) groups excluding carboxylic acids is 1. The minimum Gasteiger partial charge on any atom is -0.352 e. The molecule has 3 atom stereocenters. The van der Waals surface area contributed by atoms with Crippen LogP contribution in [0.1, 0.15) is 56.1 Å². The maximum absolute atomic E-state index is 12.3. The van der Waals surface area contributed by atoms with E-state index in [0.29, 0.717) is 12.3 Å². The van der Waals surface area contributed by atoms with Gasteiger partial charge in [-0.25, -0.2) is 8.42 Å². The highest BCUT2D eigenvalue weighted by Crippen LogP contribution is 2.47. The number of benzene rings is 1. The van der Waals surface area contributed by atoms with Gasteiger partial charge in [0.2, 0.25) is 5.91 Å². The summed E-state index contributed by atoms with van der Waals surface area (Å²) in [5.74, 6) is 1.17. The fourth-order valence-electron chi connectivity index (χ4n) is 3.43. The highest BCUT2D eigenvalue weighted by Gasteiger charge is 2.44. The monoisotopic (exact) mass is 335 g/mol. The molecule has 1 heterocycles. The number of hydrogen-bond donors (Lipinski definition) is 1. The van der Waals surface area contributed by atoms with Crippen molar-refractivity contribution in [3.63, 3.8) is 0 Å². The Morgan fingerprint density at radius 3 is 2.52 bits per heavy atom. The van der Waals surface area contributed by atoms with E-state index < -0.39 is 9.84 Å². The van der Waals surface area contributed by atoms with Gasteiger partial charge in [0.15, 0.2) is 9.84 Å². The average Bonchev–Trinajstić information content (AvgIpc) is 3.27. The summed E-state index contributed by atoms with van der Waals surface area (Å²) in [6.07, 6.45) is 2.29. The quantitative estimate of drug-likeness (QED) is 0.920. The normalized spacial score (nSPS) is 29.3. The average molecular weight is 335 g/mol. The first-order valence-corrected chi connectivity index (χ1v) is 10.3. The maximum atomic E-state index is 12.3. The van der Waals surface area contributed by atoms with Crippen molar-refractivity contribution in [3.05, 3.63) is 35.4 Å². The Morgan fingerprint density at radius 1 is 1.22 bits per heavy atom. The van der Waals surface area contributed by atoms with E-state index in [1.807, 2.05) is 0 Å². The molecule has 1 saturated heterocycles. The van der Waals surface area contributed by atoms with Gasteiger partial charge in [-0.15, -0.1) is 0 Å². The van der Waals surface area contributed by atoms with Crippen molar-refractivity contribution in [2.45, 2.75) is 51.0 Å². The molecule has 1 aromatic carbocycles. The number of carbonyl (C=O) groups is 1. The van der Waals surface area contributed by atoms with Crippen molar-refractivity contribution >= 4 is 15.7 Å². The highest BCUT2D eigenvalue weighted by atomic mass is 32.2. The number of rotatable bonds is 4. The van der Waals surface area contributed by atoms with Crippen LogP contribution < -0.4 is 5.32 Å². The molecule has 0 bridgehead atoms. The lowest BCUT2D eigenvalue weighted by molar-refractivity contribution is -0.123. The van der Waals surface area contributed by atoms with Crippen molar-refractivity contribution in [3.8, 4) is 0 Å². The minimum atomic E-state index is -2.98. The fourth-order valence-corrected chi connectivity index (χ4v) is 5.06. The smallest absolute Gasteiger partial charge is 0.223 e. The van der Waals surface area contributed by atoms with Gasteiger partial charge in [0.25, 0.3) is 0 Å². The summed E-state index contributed by atoms with van der Waals surface area (Å²) in [4.78, 5) is 12.3. The number of amides is 1. The second-order valence-electron chi connectivity index (χ2n) is 7.23. The van der Waals surface area contributed by atoms with Gasteiger partial charge >= 0.3 is 0 Å². The third-order valence-electron chi connectivity index (χ3n) is 4.97. The summed E-state index contributed by atoms with van der Waals surface area (Å²) < 4.78 is 23.3. The maximum Gasteiger partial charge on any atom is 0.223 e. The number of sulfone groups is 1. The molecule has 2 fully saturated rings. The van der Waals surface area contributed by atoms with Crippen molar-refractivity contribution in [2.24, 2.45) is 5.92 Å².